The van der Waals surface area contributed by atoms with Crippen molar-refractivity contribution in [1.82, 2.24) is 4.90 Å². The van der Waals surface area contributed by atoms with Crippen LogP contribution in [-0.4, -0.2) is 56.4 Å². The highest BCUT2D eigenvalue weighted by atomic mass is 16.5. The van der Waals surface area contributed by atoms with Gasteiger partial charge in [0.15, 0.2) is 5.76 Å². The van der Waals surface area contributed by atoms with Gasteiger partial charge in [-0.25, -0.2) is 0 Å². The first-order chi connectivity index (χ1) is 13.6. The number of amides is 1. The van der Waals surface area contributed by atoms with Gasteiger partial charge in [-0.3, -0.25) is 4.79 Å². The Bertz CT molecular complexity index is 830. The lowest BCUT2D eigenvalue weighted by atomic mass is 9.79. The van der Waals surface area contributed by atoms with Crippen LogP contribution in [0.15, 0.2) is 40.8 Å². The monoisotopic (exact) mass is 385 g/mol. The largest absolute Gasteiger partial charge is 0.497 e. The second-order valence-electron chi connectivity index (χ2n) is 7.56. The molecule has 28 heavy (non-hydrogen) atoms. The second-order valence-corrected chi connectivity index (χ2v) is 7.56. The molecule has 0 bridgehead atoms. The minimum atomic E-state index is -0.268. The third-order valence-electron chi connectivity index (χ3n) is 6.33. The van der Waals surface area contributed by atoms with Gasteiger partial charge in [0.05, 0.1) is 24.9 Å². The molecule has 3 atom stereocenters. The van der Waals surface area contributed by atoms with Crippen LogP contribution in [0.25, 0.3) is 11.3 Å². The van der Waals surface area contributed by atoms with Crippen LogP contribution in [0.5, 0.6) is 5.75 Å². The van der Waals surface area contributed by atoms with E-state index < -0.39 is 0 Å². The molecule has 1 saturated carbocycles. The summed E-state index contributed by atoms with van der Waals surface area (Å²) >= 11 is 0. The minimum absolute atomic E-state index is 0.0123. The van der Waals surface area contributed by atoms with Gasteiger partial charge < -0.3 is 23.5 Å². The number of fused-ring (bicyclic) bond motifs is 1. The molecule has 0 spiro atoms. The van der Waals surface area contributed by atoms with Gasteiger partial charge in [0.1, 0.15) is 11.5 Å². The molecule has 0 radical (unpaired) electrons. The first-order valence-corrected chi connectivity index (χ1v) is 9.73. The normalized spacial score (nSPS) is 26.9. The van der Waals surface area contributed by atoms with Crippen molar-refractivity contribution in [3.05, 3.63) is 42.2 Å². The topological polar surface area (TPSA) is 61.1 Å². The number of likely N-dealkylation sites (tertiary alicyclic amines) is 1. The maximum absolute atomic E-state index is 13.2. The average Bonchev–Trinajstić information content (AvgIpc) is 3.38. The number of ether oxygens (including phenoxy) is 3. The van der Waals surface area contributed by atoms with Crippen molar-refractivity contribution < 1.29 is 23.4 Å². The van der Waals surface area contributed by atoms with Gasteiger partial charge in [0.25, 0.3) is 5.91 Å². The van der Waals surface area contributed by atoms with Gasteiger partial charge in [0, 0.05) is 26.3 Å². The number of furan rings is 1. The van der Waals surface area contributed by atoms with Gasteiger partial charge in [-0.1, -0.05) is 0 Å². The molecule has 2 aromatic rings. The third-order valence-corrected chi connectivity index (χ3v) is 6.33. The highest BCUT2D eigenvalue weighted by Crippen LogP contribution is 2.43. The van der Waals surface area contributed by atoms with Crippen LogP contribution in [0.1, 0.15) is 36.2 Å². The Morgan fingerprint density at radius 3 is 2.57 bits per heavy atom. The highest BCUT2D eigenvalue weighted by molar-refractivity contribution is 5.92. The number of hydrogen-bond donors (Lipinski definition) is 0. The third kappa shape index (κ3) is 3.20. The maximum atomic E-state index is 13.2. The molecular weight excluding hydrogens is 358 g/mol. The number of rotatable bonds is 5. The van der Waals surface area contributed by atoms with Gasteiger partial charge in [0.2, 0.25) is 0 Å². The molecule has 4 rings (SSSR count). The predicted octanol–water partition coefficient (Wildman–Crippen LogP) is 3.75. The summed E-state index contributed by atoms with van der Waals surface area (Å²) in [4.78, 5) is 15.1. The molecule has 1 aromatic heterocycles. The molecule has 3 unspecified atom stereocenters. The summed E-state index contributed by atoms with van der Waals surface area (Å²) in [6, 6.07) is 11.2. The Labute approximate surface area is 165 Å². The summed E-state index contributed by atoms with van der Waals surface area (Å²) in [6.45, 7) is 0.673. The molecule has 6 heteroatoms. The lowest BCUT2D eigenvalue weighted by Crippen LogP contribution is -2.53. The van der Waals surface area contributed by atoms with Crippen LogP contribution in [0.3, 0.4) is 0 Å². The summed E-state index contributed by atoms with van der Waals surface area (Å²) < 4.78 is 22.6. The molecule has 2 heterocycles. The van der Waals surface area contributed by atoms with Crippen LogP contribution in [0.4, 0.5) is 0 Å². The quantitative estimate of drug-likeness (QED) is 0.784. The predicted molar refractivity (Wildman–Crippen MR) is 105 cm³/mol. The van der Waals surface area contributed by atoms with Crippen LogP contribution < -0.4 is 4.74 Å². The van der Waals surface area contributed by atoms with Crippen LogP contribution >= 0.6 is 0 Å². The van der Waals surface area contributed by atoms with Crippen molar-refractivity contribution >= 4 is 5.91 Å². The van der Waals surface area contributed by atoms with E-state index in [0.29, 0.717) is 18.1 Å². The maximum Gasteiger partial charge on any atom is 0.289 e. The Balaban J connectivity index is 1.55. The molecule has 1 saturated heterocycles. The Morgan fingerprint density at radius 1 is 1.11 bits per heavy atom. The van der Waals surface area contributed by atoms with Crippen molar-refractivity contribution in [2.75, 3.05) is 27.9 Å². The van der Waals surface area contributed by atoms with Crippen LogP contribution in [-0.2, 0) is 9.47 Å². The van der Waals surface area contributed by atoms with Crippen molar-refractivity contribution in [3.63, 3.8) is 0 Å². The first kappa shape index (κ1) is 19.0. The fourth-order valence-corrected chi connectivity index (χ4v) is 4.62. The summed E-state index contributed by atoms with van der Waals surface area (Å²) in [7, 11) is 5.12. The molecule has 0 N–H and O–H groups in total. The summed E-state index contributed by atoms with van der Waals surface area (Å²) in [5.41, 5.74) is 0.639. The first-order valence-electron chi connectivity index (χ1n) is 9.73. The van der Waals surface area contributed by atoms with Crippen LogP contribution in [0, 0.1) is 0 Å². The van der Waals surface area contributed by atoms with Crippen molar-refractivity contribution in [2.24, 2.45) is 0 Å². The van der Waals surface area contributed by atoms with Gasteiger partial charge in [-0.15, -0.1) is 0 Å². The number of carbonyl (C=O) groups is 1. The fourth-order valence-electron chi connectivity index (χ4n) is 4.62. The molecular formula is C22H27NO5. The molecule has 2 fully saturated rings. The number of hydrogen-bond acceptors (Lipinski definition) is 5. The Morgan fingerprint density at radius 2 is 1.89 bits per heavy atom. The van der Waals surface area contributed by atoms with Gasteiger partial charge in [-0.05, 0) is 62.1 Å². The smallest absolute Gasteiger partial charge is 0.289 e. The van der Waals surface area contributed by atoms with Crippen molar-refractivity contribution in [3.8, 4) is 17.1 Å². The van der Waals surface area contributed by atoms with E-state index >= 15 is 0 Å². The van der Waals surface area contributed by atoms with Crippen molar-refractivity contribution in [1.29, 1.82) is 0 Å². The molecule has 1 aliphatic carbocycles. The van der Waals surface area contributed by atoms with E-state index in [9.17, 15) is 4.79 Å². The summed E-state index contributed by atoms with van der Waals surface area (Å²) in [6.07, 6.45) is 3.68. The minimum Gasteiger partial charge on any atom is -0.497 e. The van der Waals surface area contributed by atoms with Gasteiger partial charge in [-0.2, -0.15) is 0 Å². The van der Waals surface area contributed by atoms with E-state index in [2.05, 4.69) is 0 Å². The molecule has 6 nitrogen and oxygen atoms in total. The Kier molecular flexibility index (Phi) is 5.17. The second kappa shape index (κ2) is 7.60. The molecule has 1 aromatic carbocycles. The van der Waals surface area contributed by atoms with E-state index in [-0.39, 0.29) is 23.7 Å². The molecule has 1 amide bonds. The Hall–Kier alpha value is -2.31. The number of carbonyl (C=O) groups excluding carboxylic acids is 1. The van der Waals surface area contributed by atoms with Crippen LogP contribution in [0.2, 0.25) is 0 Å². The molecule has 150 valence electrons. The SMILES string of the molecule is COc1ccc(-c2ccc(C(=O)N3CCC4(OC)CCC(OC)CC34)o2)cc1. The van der Waals surface area contributed by atoms with E-state index in [1.807, 2.05) is 35.2 Å². The summed E-state index contributed by atoms with van der Waals surface area (Å²) in [5.74, 6) is 1.73. The molecule has 2 aliphatic rings. The van der Waals surface area contributed by atoms with E-state index in [1.54, 1.807) is 27.4 Å². The van der Waals surface area contributed by atoms with E-state index in [4.69, 9.17) is 18.6 Å². The summed E-state index contributed by atoms with van der Waals surface area (Å²) in [5, 5.41) is 0. The number of benzene rings is 1. The number of methoxy groups -OCH3 is 3. The van der Waals surface area contributed by atoms with E-state index in [1.165, 1.54) is 0 Å². The number of nitrogens with zero attached hydrogens (tertiary/aromatic N) is 1. The standard InChI is InChI=1S/C22H27NO5/c1-25-16-6-4-15(5-7-16)18-8-9-19(28-18)21(24)23-13-12-22(27-3)11-10-17(26-2)14-20(22)23/h4-9,17,20H,10-14H2,1-3H3. The highest BCUT2D eigenvalue weighted by Gasteiger charge is 2.53. The van der Waals surface area contributed by atoms with Crippen molar-refractivity contribution in [2.45, 2.75) is 43.4 Å². The fraction of sp³-hybridized carbons (Fsp3) is 0.500. The molecule has 1 aliphatic heterocycles. The van der Waals surface area contributed by atoms with E-state index in [0.717, 1.165) is 37.0 Å². The average molecular weight is 385 g/mol. The lowest BCUT2D eigenvalue weighted by Gasteiger charge is -2.43. The lowest BCUT2D eigenvalue weighted by molar-refractivity contribution is -0.0895. The zero-order valence-corrected chi connectivity index (χ0v) is 16.6. The zero-order valence-electron chi connectivity index (χ0n) is 16.6. The zero-order chi connectivity index (χ0) is 19.7. The van der Waals surface area contributed by atoms with Gasteiger partial charge >= 0.3 is 0 Å².